The molecule has 26 heavy (non-hydrogen) atoms. The van der Waals surface area contributed by atoms with Crippen LogP contribution in [-0.4, -0.2) is 32.5 Å². The average molecular weight is 348 g/mol. The molecule has 1 amide bonds. The van der Waals surface area contributed by atoms with Gasteiger partial charge >= 0.3 is 0 Å². The van der Waals surface area contributed by atoms with E-state index in [9.17, 15) is 4.79 Å². The predicted octanol–water partition coefficient (Wildman–Crippen LogP) is 3.81. The molecular weight excluding hydrogens is 328 g/mol. The van der Waals surface area contributed by atoms with Gasteiger partial charge in [0.1, 0.15) is 6.04 Å². The van der Waals surface area contributed by atoms with Gasteiger partial charge in [-0.2, -0.15) is 4.98 Å². The molecule has 0 unspecified atom stereocenters. The highest BCUT2D eigenvalue weighted by Gasteiger charge is 2.32. The summed E-state index contributed by atoms with van der Waals surface area (Å²) in [6.07, 6.45) is 4.46. The number of amides is 1. The van der Waals surface area contributed by atoms with Crippen molar-refractivity contribution < 1.29 is 9.32 Å². The lowest BCUT2D eigenvalue weighted by Gasteiger charge is -2.33. The van der Waals surface area contributed by atoms with Crippen molar-refractivity contribution in [3.8, 4) is 11.4 Å². The largest absolute Gasteiger partial charge is 0.337 e. The van der Waals surface area contributed by atoms with Gasteiger partial charge in [-0.3, -0.25) is 9.78 Å². The molecule has 6 heteroatoms. The Morgan fingerprint density at radius 3 is 2.77 bits per heavy atom. The standard InChI is InChI=1S/C20H20N4O2/c1-14-10-11-16(13-21-14)20(25)24-12-6-5-9-17(24)19-22-18(23-26-19)15-7-3-2-4-8-15/h2-4,7-8,10-11,13,17H,5-6,9,12H2,1H3/t17-/m0/s1. The van der Waals surface area contributed by atoms with Crippen molar-refractivity contribution in [1.82, 2.24) is 20.0 Å². The summed E-state index contributed by atoms with van der Waals surface area (Å²) in [6.45, 7) is 2.59. The van der Waals surface area contributed by atoms with Crippen molar-refractivity contribution in [2.75, 3.05) is 6.54 Å². The second-order valence-electron chi connectivity index (χ2n) is 6.52. The van der Waals surface area contributed by atoms with E-state index in [1.807, 2.05) is 54.3 Å². The minimum atomic E-state index is -0.192. The molecule has 3 heterocycles. The van der Waals surface area contributed by atoms with Crippen molar-refractivity contribution in [3.63, 3.8) is 0 Å². The fourth-order valence-electron chi connectivity index (χ4n) is 3.27. The molecule has 1 aliphatic rings. The summed E-state index contributed by atoms with van der Waals surface area (Å²) in [6, 6.07) is 13.2. The van der Waals surface area contributed by atoms with Crippen LogP contribution in [0.3, 0.4) is 0 Å². The SMILES string of the molecule is Cc1ccc(C(=O)N2CCCC[C@H]2c2nc(-c3ccccc3)no2)cn1. The molecule has 1 aromatic carbocycles. The number of carbonyl (C=O) groups excluding carboxylic acids is 1. The number of aryl methyl sites for hydroxylation is 1. The molecule has 1 saturated heterocycles. The maximum absolute atomic E-state index is 13.0. The highest BCUT2D eigenvalue weighted by molar-refractivity contribution is 5.94. The molecule has 1 atom stereocenters. The third kappa shape index (κ3) is 3.22. The van der Waals surface area contributed by atoms with Gasteiger partial charge in [-0.25, -0.2) is 0 Å². The van der Waals surface area contributed by atoms with E-state index in [0.717, 1.165) is 30.5 Å². The van der Waals surface area contributed by atoms with Crippen LogP contribution in [0.4, 0.5) is 0 Å². The third-order valence-corrected chi connectivity index (χ3v) is 4.68. The van der Waals surface area contributed by atoms with Crippen LogP contribution in [0.15, 0.2) is 53.2 Å². The lowest BCUT2D eigenvalue weighted by Crippen LogP contribution is -2.38. The quantitative estimate of drug-likeness (QED) is 0.720. The number of likely N-dealkylation sites (tertiary alicyclic amines) is 1. The molecule has 1 fully saturated rings. The lowest BCUT2D eigenvalue weighted by atomic mass is 10.0. The minimum absolute atomic E-state index is 0.0401. The van der Waals surface area contributed by atoms with Crippen molar-refractivity contribution in [3.05, 3.63) is 65.8 Å². The summed E-state index contributed by atoms with van der Waals surface area (Å²) in [5.74, 6) is 1.01. The van der Waals surface area contributed by atoms with Gasteiger partial charge in [0.25, 0.3) is 5.91 Å². The number of benzene rings is 1. The number of hydrogen-bond acceptors (Lipinski definition) is 5. The first kappa shape index (κ1) is 16.4. The van der Waals surface area contributed by atoms with Gasteiger partial charge in [-0.05, 0) is 38.3 Å². The number of pyridine rings is 1. The highest BCUT2D eigenvalue weighted by atomic mass is 16.5. The number of nitrogens with zero attached hydrogens (tertiary/aromatic N) is 4. The van der Waals surface area contributed by atoms with E-state index < -0.39 is 0 Å². The van der Waals surface area contributed by atoms with E-state index >= 15 is 0 Å². The first-order valence-corrected chi connectivity index (χ1v) is 8.85. The summed E-state index contributed by atoms with van der Waals surface area (Å²) in [5, 5.41) is 4.10. The average Bonchev–Trinajstić information content (AvgIpc) is 3.19. The topological polar surface area (TPSA) is 72.1 Å². The molecule has 0 N–H and O–H groups in total. The zero-order valence-electron chi connectivity index (χ0n) is 14.6. The van der Waals surface area contributed by atoms with Gasteiger partial charge in [0.2, 0.25) is 11.7 Å². The van der Waals surface area contributed by atoms with Crippen LogP contribution in [0, 0.1) is 6.92 Å². The molecular formula is C20H20N4O2. The minimum Gasteiger partial charge on any atom is -0.337 e. The monoisotopic (exact) mass is 348 g/mol. The highest BCUT2D eigenvalue weighted by Crippen LogP contribution is 2.32. The first-order valence-electron chi connectivity index (χ1n) is 8.85. The van der Waals surface area contributed by atoms with Crippen LogP contribution >= 0.6 is 0 Å². The van der Waals surface area contributed by atoms with Gasteiger partial charge in [0.05, 0.1) is 5.56 Å². The van der Waals surface area contributed by atoms with E-state index in [4.69, 9.17) is 4.52 Å². The number of hydrogen-bond donors (Lipinski definition) is 0. The van der Waals surface area contributed by atoms with Gasteiger partial charge in [0, 0.05) is 24.0 Å². The molecule has 0 aliphatic carbocycles. The van der Waals surface area contributed by atoms with Crippen LogP contribution in [0.25, 0.3) is 11.4 Å². The van der Waals surface area contributed by atoms with Gasteiger partial charge in [0.15, 0.2) is 0 Å². The number of aromatic nitrogens is 3. The Balaban J connectivity index is 1.61. The van der Waals surface area contributed by atoms with E-state index in [1.165, 1.54) is 0 Å². The third-order valence-electron chi connectivity index (χ3n) is 4.68. The van der Waals surface area contributed by atoms with Gasteiger partial charge in [-0.15, -0.1) is 0 Å². The summed E-state index contributed by atoms with van der Waals surface area (Å²) in [7, 11) is 0. The fourth-order valence-corrected chi connectivity index (χ4v) is 3.27. The number of piperidine rings is 1. The smallest absolute Gasteiger partial charge is 0.256 e. The Labute approximate surface area is 151 Å². The van der Waals surface area contributed by atoms with Crippen LogP contribution in [0.2, 0.25) is 0 Å². The summed E-state index contributed by atoms with van der Waals surface area (Å²) in [4.78, 5) is 23.6. The maximum atomic E-state index is 13.0. The summed E-state index contributed by atoms with van der Waals surface area (Å²) in [5.41, 5.74) is 2.38. The molecule has 1 aliphatic heterocycles. The number of rotatable bonds is 3. The number of carbonyl (C=O) groups is 1. The van der Waals surface area contributed by atoms with Crippen LogP contribution in [0.1, 0.15) is 47.2 Å². The van der Waals surface area contributed by atoms with Crippen LogP contribution < -0.4 is 0 Å². The summed E-state index contributed by atoms with van der Waals surface area (Å²) < 4.78 is 5.52. The Morgan fingerprint density at radius 2 is 2.00 bits per heavy atom. The second-order valence-corrected chi connectivity index (χ2v) is 6.52. The van der Waals surface area contributed by atoms with Crippen LogP contribution in [-0.2, 0) is 0 Å². The van der Waals surface area contributed by atoms with E-state index in [2.05, 4.69) is 15.1 Å². The van der Waals surface area contributed by atoms with Gasteiger partial charge in [-0.1, -0.05) is 35.5 Å². The van der Waals surface area contributed by atoms with Crippen molar-refractivity contribution in [1.29, 1.82) is 0 Å². The Hall–Kier alpha value is -3.02. The second kappa shape index (κ2) is 7.07. The molecule has 0 bridgehead atoms. The van der Waals surface area contributed by atoms with Crippen LogP contribution in [0.5, 0.6) is 0 Å². The molecule has 4 rings (SSSR count). The van der Waals surface area contributed by atoms with Gasteiger partial charge < -0.3 is 9.42 Å². The van der Waals surface area contributed by atoms with E-state index in [1.54, 1.807) is 6.20 Å². The molecule has 2 aromatic heterocycles. The Morgan fingerprint density at radius 1 is 1.15 bits per heavy atom. The summed E-state index contributed by atoms with van der Waals surface area (Å²) >= 11 is 0. The molecule has 132 valence electrons. The zero-order valence-corrected chi connectivity index (χ0v) is 14.6. The maximum Gasteiger partial charge on any atom is 0.256 e. The van der Waals surface area contributed by atoms with Crippen molar-refractivity contribution in [2.45, 2.75) is 32.2 Å². The molecule has 0 radical (unpaired) electrons. The van der Waals surface area contributed by atoms with E-state index in [0.29, 0.717) is 23.8 Å². The lowest BCUT2D eigenvalue weighted by molar-refractivity contribution is 0.0561. The molecule has 0 spiro atoms. The molecule has 3 aromatic rings. The van der Waals surface area contributed by atoms with E-state index in [-0.39, 0.29) is 11.9 Å². The van der Waals surface area contributed by atoms with Crippen molar-refractivity contribution in [2.24, 2.45) is 0 Å². The molecule has 0 saturated carbocycles. The zero-order chi connectivity index (χ0) is 17.9. The molecule has 6 nitrogen and oxygen atoms in total. The normalized spacial score (nSPS) is 17.3. The Kier molecular flexibility index (Phi) is 4.48. The Bertz CT molecular complexity index is 890. The predicted molar refractivity (Wildman–Crippen MR) is 96.3 cm³/mol. The van der Waals surface area contributed by atoms with Crippen molar-refractivity contribution >= 4 is 5.91 Å². The first-order chi connectivity index (χ1) is 12.7. The fraction of sp³-hybridized carbons (Fsp3) is 0.300.